The SMILES string of the molecule is NCCCn1[nH]c(C2CC2)cc1=O. The quantitative estimate of drug-likeness (QED) is 0.706. The first-order chi connectivity index (χ1) is 6.31. The molecular formula is C9H15N3O. The smallest absolute Gasteiger partial charge is 0.266 e. The summed E-state index contributed by atoms with van der Waals surface area (Å²) in [5, 5.41) is 3.13. The predicted molar refractivity (Wildman–Crippen MR) is 50.7 cm³/mol. The zero-order valence-corrected chi connectivity index (χ0v) is 7.62. The van der Waals surface area contributed by atoms with Crippen LogP contribution < -0.4 is 11.3 Å². The van der Waals surface area contributed by atoms with Gasteiger partial charge in [0.25, 0.3) is 5.56 Å². The van der Waals surface area contributed by atoms with E-state index in [1.165, 1.54) is 12.8 Å². The Bertz CT molecular complexity index is 335. The fourth-order valence-corrected chi connectivity index (χ4v) is 1.47. The lowest BCUT2D eigenvalue weighted by Gasteiger charge is -1.99. The Morgan fingerprint density at radius 3 is 3.00 bits per heavy atom. The van der Waals surface area contributed by atoms with Crippen molar-refractivity contribution in [2.24, 2.45) is 5.73 Å². The van der Waals surface area contributed by atoms with Gasteiger partial charge in [-0.15, -0.1) is 0 Å². The molecule has 4 heteroatoms. The number of hydrogen-bond acceptors (Lipinski definition) is 2. The van der Waals surface area contributed by atoms with Crippen LogP contribution >= 0.6 is 0 Å². The second-order valence-corrected chi connectivity index (χ2v) is 3.62. The summed E-state index contributed by atoms with van der Waals surface area (Å²) in [7, 11) is 0. The molecule has 0 unspecified atom stereocenters. The average molecular weight is 181 g/mol. The first-order valence-electron chi connectivity index (χ1n) is 4.81. The van der Waals surface area contributed by atoms with Gasteiger partial charge < -0.3 is 5.73 Å². The molecule has 72 valence electrons. The highest BCUT2D eigenvalue weighted by molar-refractivity contribution is 5.12. The first-order valence-corrected chi connectivity index (χ1v) is 4.81. The van der Waals surface area contributed by atoms with Crippen molar-refractivity contribution in [1.29, 1.82) is 0 Å². The Labute approximate surface area is 76.7 Å². The Hall–Kier alpha value is -1.03. The van der Waals surface area contributed by atoms with Gasteiger partial charge in [0, 0.05) is 24.2 Å². The Kier molecular flexibility index (Phi) is 2.22. The van der Waals surface area contributed by atoms with Gasteiger partial charge >= 0.3 is 0 Å². The minimum Gasteiger partial charge on any atom is -0.330 e. The highest BCUT2D eigenvalue weighted by atomic mass is 16.1. The van der Waals surface area contributed by atoms with Gasteiger partial charge in [0.2, 0.25) is 0 Å². The maximum absolute atomic E-state index is 11.4. The van der Waals surface area contributed by atoms with Crippen LogP contribution in [0.1, 0.15) is 30.9 Å². The molecule has 0 spiro atoms. The third-order valence-electron chi connectivity index (χ3n) is 2.41. The summed E-state index contributed by atoms with van der Waals surface area (Å²) in [6, 6.07) is 1.72. The number of hydrogen-bond donors (Lipinski definition) is 2. The minimum atomic E-state index is 0.0790. The van der Waals surface area contributed by atoms with E-state index in [1.807, 2.05) is 0 Å². The monoisotopic (exact) mass is 181 g/mol. The number of nitrogens with two attached hydrogens (primary N) is 1. The number of rotatable bonds is 4. The number of aromatic nitrogens is 2. The summed E-state index contributed by atoms with van der Waals surface area (Å²) >= 11 is 0. The summed E-state index contributed by atoms with van der Waals surface area (Å²) in [6.45, 7) is 1.34. The lowest BCUT2D eigenvalue weighted by Crippen LogP contribution is -2.17. The summed E-state index contributed by atoms with van der Waals surface area (Å²) < 4.78 is 1.65. The fourth-order valence-electron chi connectivity index (χ4n) is 1.47. The second kappa shape index (κ2) is 3.38. The van der Waals surface area contributed by atoms with E-state index in [2.05, 4.69) is 5.10 Å². The fraction of sp³-hybridized carbons (Fsp3) is 0.667. The van der Waals surface area contributed by atoms with E-state index in [1.54, 1.807) is 10.7 Å². The van der Waals surface area contributed by atoms with E-state index in [0.717, 1.165) is 12.1 Å². The van der Waals surface area contributed by atoms with Gasteiger partial charge in [0.05, 0.1) is 0 Å². The first kappa shape index (κ1) is 8.56. The molecule has 0 radical (unpaired) electrons. The molecule has 1 aliphatic carbocycles. The van der Waals surface area contributed by atoms with E-state index in [9.17, 15) is 4.79 Å². The molecule has 0 saturated heterocycles. The standard InChI is InChI=1S/C9H15N3O/c10-4-1-5-12-9(13)6-8(11-12)7-2-3-7/h6-7,11H,1-5,10H2. The van der Waals surface area contributed by atoms with E-state index in [4.69, 9.17) is 5.73 Å². The van der Waals surface area contributed by atoms with Crippen LogP contribution in [0.4, 0.5) is 0 Å². The van der Waals surface area contributed by atoms with Gasteiger partial charge in [0.1, 0.15) is 0 Å². The normalized spacial score (nSPS) is 16.4. The molecule has 0 aliphatic heterocycles. The minimum absolute atomic E-state index is 0.0790. The molecule has 1 aromatic heterocycles. The third kappa shape index (κ3) is 1.83. The number of aromatic amines is 1. The van der Waals surface area contributed by atoms with E-state index in [-0.39, 0.29) is 5.56 Å². The topological polar surface area (TPSA) is 63.8 Å². The van der Waals surface area contributed by atoms with Crippen molar-refractivity contribution in [2.45, 2.75) is 31.7 Å². The Morgan fingerprint density at radius 1 is 1.62 bits per heavy atom. The highest BCUT2D eigenvalue weighted by Gasteiger charge is 2.25. The van der Waals surface area contributed by atoms with Gasteiger partial charge in [-0.2, -0.15) is 0 Å². The molecule has 1 aromatic rings. The maximum Gasteiger partial charge on any atom is 0.266 e. The van der Waals surface area contributed by atoms with Crippen LogP contribution in [-0.2, 0) is 6.54 Å². The van der Waals surface area contributed by atoms with Crippen LogP contribution in [0, 0.1) is 0 Å². The summed E-state index contributed by atoms with van der Waals surface area (Å²) in [4.78, 5) is 11.4. The second-order valence-electron chi connectivity index (χ2n) is 3.62. The maximum atomic E-state index is 11.4. The summed E-state index contributed by atoms with van der Waals surface area (Å²) in [6.07, 6.45) is 3.29. The number of nitrogens with zero attached hydrogens (tertiary/aromatic N) is 1. The van der Waals surface area contributed by atoms with E-state index >= 15 is 0 Å². The molecule has 2 rings (SSSR count). The molecule has 0 amide bonds. The van der Waals surface area contributed by atoms with Crippen molar-refractivity contribution in [3.05, 3.63) is 22.1 Å². The molecular weight excluding hydrogens is 166 g/mol. The number of aryl methyl sites for hydroxylation is 1. The molecule has 0 bridgehead atoms. The van der Waals surface area contributed by atoms with E-state index in [0.29, 0.717) is 19.0 Å². The van der Waals surface area contributed by atoms with Crippen molar-refractivity contribution in [1.82, 2.24) is 9.78 Å². The van der Waals surface area contributed by atoms with Gasteiger partial charge in [-0.25, -0.2) is 0 Å². The molecule has 0 atom stereocenters. The Morgan fingerprint density at radius 2 is 2.38 bits per heavy atom. The van der Waals surface area contributed by atoms with Gasteiger partial charge in [-0.1, -0.05) is 0 Å². The van der Waals surface area contributed by atoms with Crippen LogP contribution in [0.3, 0.4) is 0 Å². The van der Waals surface area contributed by atoms with Crippen molar-refractivity contribution in [3.63, 3.8) is 0 Å². The molecule has 1 aliphatic rings. The summed E-state index contributed by atoms with van der Waals surface area (Å²) in [5.41, 5.74) is 6.55. The third-order valence-corrected chi connectivity index (χ3v) is 2.41. The zero-order chi connectivity index (χ0) is 9.26. The number of H-pyrrole nitrogens is 1. The highest BCUT2D eigenvalue weighted by Crippen LogP contribution is 2.38. The van der Waals surface area contributed by atoms with Crippen molar-refractivity contribution in [2.75, 3.05) is 6.54 Å². The lowest BCUT2D eigenvalue weighted by molar-refractivity contribution is 0.563. The predicted octanol–water partition coefficient (Wildman–Crippen LogP) is 0.403. The zero-order valence-electron chi connectivity index (χ0n) is 7.62. The van der Waals surface area contributed by atoms with E-state index < -0.39 is 0 Å². The van der Waals surface area contributed by atoms with Gasteiger partial charge in [0.15, 0.2) is 0 Å². The molecule has 0 aromatic carbocycles. The van der Waals surface area contributed by atoms with Crippen molar-refractivity contribution in [3.8, 4) is 0 Å². The Balaban J connectivity index is 2.11. The van der Waals surface area contributed by atoms with Crippen molar-refractivity contribution >= 4 is 0 Å². The lowest BCUT2D eigenvalue weighted by atomic mass is 10.3. The van der Waals surface area contributed by atoms with Gasteiger partial charge in [-0.05, 0) is 25.8 Å². The van der Waals surface area contributed by atoms with Crippen molar-refractivity contribution < 1.29 is 0 Å². The molecule has 4 nitrogen and oxygen atoms in total. The average Bonchev–Trinajstić information content (AvgIpc) is 2.89. The van der Waals surface area contributed by atoms with Crippen LogP contribution in [0.5, 0.6) is 0 Å². The summed E-state index contributed by atoms with van der Waals surface area (Å²) in [5.74, 6) is 0.617. The molecule has 1 saturated carbocycles. The molecule has 3 N–H and O–H groups in total. The van der Waals surface area contributed by atoms with Crippen LogP contribution in [0.2, 0.25) is 0 Å². The molecule has 1 fully saturated rings. The molecule has 13 heavy (non-hydrogen) atoms. The number of nitrogens with one attached hydrogen (secondary N) is 1. The van der Waals surface area contributed by atoms with Gasteiger partial charge in [-0.3, -0.25) is 14.6 Å². The van der Waals surface area contributed by atoms with Crippen LogP contribution in [0.25, 0.3) is 0 Å². The van der Waals surface area contributed by atoms with Crippen LogP contribution in [-0.4, -0.2) is 16.3 Å². The molecule has 1 heterocycles. The largest absolute Gasteiger partial charge is 0.330 e. The van der Waals surface area contributed by atoms with Crippen LogP contribution in [0.15, 0.2) is 10.9 Å².